The molecule has 0 spiro atoms. The maximum atomic E-state index is 12.1. The third-order valence-corrected chi connectivity index (χ3v) is 3.81. The smallest absolute Gasteiger partial charge is 0.255 e. The Morgan fingerprint density at radius 3 is 2.60 bits per heavy atom. The number of hydrogen-bond donors (Lipinski definition) is 2. The van der Waals surface area contributed by atoms with E-state index in [0.717, 1.165) is 11.1 Å². The van der Waals surface area contributed by atoms with Crippen LogP contribution in [0, 0.1) is 13.8 Å². The van der Waals surface area contributed by atoms with Crippen LogP contribution < -0.4 is 10.6 Å². The molecule has 1 heterocycles. The molecular formula is C19H24N2O4. The summed E-state index contributed by atoms with van der Waals surface area (Å²) in [6.07, 6.45) is 1.58. The first-order valence-electron chi connectivity index (χ1n) is 8.20. The van der Waals surface area contributed by atoms with Gasteiger partial charge in [0, 0.05) is 5.69 Å². The molecule has 2 amide bonds. The zero-order chi connectivity index (χ0) is 18.4. The van der Waals surface area contributed by atoms with Crippen LogP contribution in [-0.4, -0.2) is 24.5 Å². The van der Waals surface area contributed by atoms with E-state index in [0.29, 0.717) is 23.6 Å². The molecule has 2 N–H and O–H groups in total. The van der Waals surface area contributed by atoms with Gasteiger partial charge >= 0.3 is 0 Å². The molecule has 0 aliphatic rings. The van der Waals surface area contributed by atoms with Crippen LogP contribution in [0.3, 0.4) is 0 Å². The summed E-state index contributed by atoms with van der Waals surface area (Å²) in [5, 5.41) is 5.41. The van der Waals surface area contributed by atoms with Crippen molar-refractivity contribution in [1.82, 2.24) is 5.32 Å². The number of carbonyl (C=O) groups excluding carboxylic acids is 2. The van der Waals surface area contributed by atoms with Crippen molar-refractivity contribution in [1.29, 1.82) is 0 Å². The first-order valence-corrected chi connectivity index (χ1v) is 8.20. The summed E-state index contributed by atoms with van der Waals surface area (Å²) in [5.41, 5.74) is 3.11. The molecular weight excluding hydrogens is 320 g/mol. The van der Waals surface area contributed by atoms with Crippen LogP contribution in [0.5, 0.6) is 0 Å². The predicted molar refractivity (Wildman–Crippen MR) is 95.5 cm³/mol. The van der Waals surface area contributed by atoms with Crippen molar-refractivity contribution in [2.45, 2.75) is 40.4 Å². The highest BCUT2D eigenvalue weighted by Gasteiger charge is 2.13. The normalized spacial score (nSPS) is 10.8. The van der Waals surface area contributed by atoms with Gasteiger partial charge in [-0.3, -0.25) is 9.59 Å². The van der Waals surface area contributed by atoms with E-state index in [1.54, 1.807) is 13.0 Å². The molecule has 6 nitrogen and oxygen atoms in total. The molecule has 134 valence electrons. The van der Waals surface area contributed by atoms with Crippen LogP contribution in [0.2, 0.25) is 0 Å². The molecule has 2 aromatic rings. The Hall–Kier alpha value is -2.60. The van der Waals surface area contributed by atoms with E-state index in [4.69, 9.17) is 9.15 Å². The zero-order valence-corrected chi connectivity index (χ0v) is 15.0. The molecule has 6 heteroatoms. The Morgan fingerprint density at radius 2 is 1.96 bits per heavy atom. The minimum absolute atomic E-state index is 0.115. The first-order chi connectivity index (χ1) is 11.9. The second-order valence-electron chi connectivity index (χ2n) is 6.07. The summed E-state index contributed by atoms with van der Waals surface area (Å²) in [6.45, 7) is 7.96. The summed E-state index contributed by atoms with van der Waals surface area (Å²) in [4.78, 5) is 24.1. The van der Waals surface area contributed by atoms with Gasteiger partial charge in [-0.1, -0.05) is 12.1 Å². The molecule has 2 rings (SSSR count). The summed E-state index contributed by atoms with van der Waals surface area (Å²) in [7, 11) is 0. The zero-order valence-electron chi connectivity index (χ0n) is 15.0. The number of hydrogen-bond acceptors (Lipinski definition) is 4. The Kier molecular flexibility index (Phi) is 6.36. The number of anilines is 1. The molecule has 0 saturated heterocycles. The van der Waals surface area contributed by atoms with Gasteiger partial charge in [0.1, 0.15) is 5.76 Å². The highest BCUT2D eigenvalue weighted by molar-refractivity contribution is 6.00. The number of furan rings is 1. The van der Waals surface area contributed by atoms with Crippen molar-refractivity contribution in [2.24, 2.45) is 0 Å². The molecule has 0 bridgehead atoms. The van der Waals surface area contributed by atoms with Crippen molar-refractivity contribution in [3.8, 4) is 0 Å². The van der Waals surface area contributed by atoms with E-state index >= 15 is 0 Å². The fourth-order valence-electron chi connectivity index (χ4n) is 2.30. The van der Waals surface area contributed by atoms with Gasteiger partial charge in [0.15, 0.2) is 0 Å². The fraction of sp³-hybridized carbons (Fsp3) is 0.368. The van der Waals surface area contributed by atoms with Crippen LogP contribution >= 0.6 is 0 Å². The molecule has 1 aromatic carbocycles. The summed E-state index contributed by atoms with van der Waals surface area (Å²) >= 11 is 0. The van der Waals surface area contributed by atoms with E-state index in [9.17, 15) is 9.59 Å². The summed E-state index contributed by atoms with van der Waals surface area (Å²) in [5.74, 6) is -0.108. The lowest BCUT2D eigenvalue weighted by molar-refractivity contribution is -0.115. The molecule has 1 aromatic heterocycles. The minimum Gasteiger partial charge on any atom is -0.469 e. The lowest BCUT2D eigenvalue weighted by atomic mass is 10.1. The second kappa shape index (κ2) is 8.48. The Labute approximate surface area is 147 Å². The van der Waals surface area contributed by atoms with Gasteiger partial charge in [0.2, 0.25) is 5.91 Å². The first kappa shape index (κ1) is 18.7. The Bertz CT molecular complexity index is 750. The highest BCUT2D eigenvalue weighted by atomic mass is 16.5. The topological polar surface area (TPSA) is 80.6 Å². The van der Waals surface area contributed by atoms with E-state index in [-0.39, 0.29) is 24.5 Å². The molecule has 0 radical (unpaired) electrons. The van der Waals surface area contributed by atoms with Crippen LogP contribution in [-0.2, 0) is 16.1 Å². The summed E-state index contributed by atoms with van der Waals surface area (Å²) in [6, 6.07) is 7.24. The van der Waals surface area contributed by atoms with E-state index in [2.05, 4.69) is 10.6 Å². The Morgan fingerprint density at radius 1 is 1.20 bits per heavy atom. The van der Waals surface area contributed by atoms with Crippen molar-refractivity contribution >= 4 is 17.5 Å². The lowest BCUT2D eigenvalue weighted by Gasteiger charge is -2.14. The number of ether oxygens (including phenoxy) is 1. The third-order valence-electron chi connectivity index (χ3n) is 3.81. The SMILES string of the molecule is Cc1occc1C(=O)NCC(=O)Nc1cccc(COC(C)C)c1C. The van der Waals surface area contributed by atoms with E-state index in [1.807, 2.05) is 39.0 Å². The molecule has 0 saturated carbocycles. The molecule has 0 aliphatic carbocycles. The monoisotopic (exact) mass is 344 g/mol. The van der Waals surface area contributed by atoms with Gasteiger partial charge in [-0.05, 0) is 51.0 Å². The van der Waals surface area contributed by atoms with Crippen molar-refractivity contribution < 1.29 is 18.7 Å². The van der Waals surface area contributed by atoms with Gasteiger partial charge in [-0.2, -0.15) is 0 Å². The number of aryl methyl sites for hydroxylation is 1. The van der Waals surface area contributed by atoms with E-state index in [1.165, 1.54) is 6.26 Å². The lowest BCUT2D eigenvalue weighted by Crippen LogP contribution is -2.33. The molecule has 0 atom stereocenters. The number of rotatable bonds is 7. The minimum atomic E-state index is -0.336. The van der Waals surface area contributed by atoms with Crippen LogP contribution in [0.4, 0.5) is 5.69 Å². The van der Waals surface area contributed by atoms with Gasteiger partial charge in [-0.15, -0.1) is 0 Å². The number of nitrogens with one attached hydrogen (secondary N) is 2. The maximum absolute atomic E-state index is 12.1. The molecule has 25 heavy (non-hydrogen) atoms. The van der Waals surface area contributed by atoms with Crippen LogP contribution in [0.1, 0.15) is 41.1 Å². The molecule has 0 aliphatic heterocycles. The predicted octanol–water partition coefficient (Wildman–Crippen LogP) is 3.19. The average Bonchev–Trinajstić information content (AvgIpc) is 2.99. The summed E-state index contributed by atoms with van der Waals surface area (Å²) < 4.78 is 10.7. The number of carbonyl (C=O) groups is 2. The maximum Gasteiger partial charge on any atom is 0.255 e. The fourth-order valence-corrected chi connectivity index (χ4v) is 2.30. The van der Waals surface area contributed by atoms with Crippen molar-refractivity contribution in [3.05, 3.63) is 53.0 Å². The van der Waals surface area contributed by atoms with Gasteiger partial charge in [0.25, 0.3) is 5.91 Å². The molecule has 0 unspecified atom stereocenters. The van der Waals surface area contributed by atoms with Crippen molar-refractivity contribution in [2.75, 3.05) is 11.9 Å². The average molecular weight is 344 g/mol. The highest BCUT2D eigenvalue weighted by Crippen LogP contribution is 2.20. The van der Waals surface area contributed by atoms with Gasteiger partial charge < -0.3 is 19.8 Å². The standard InChI is InChI=1S/C19H24N2O4/c1-12(2)25-11-15-6-5-7-17(13(15)3)21-18(22)10-20-19(23)16-8-9-24-14(16)4/h5-9,12H,10-11H2,1-4H3,(H,20,23)(H,21,22). The number of amides is 2. The number of benzene rings is 1. The van der Waals surface area contributed by atoms with Gasteiger partial charge in [-0.25, -0.2) is 0 Å². The van der Waals surface area contributed by atoms with E-state index < -0.39 is 0 Å². The van der Waals surface area contributed by atoms with Crippen LogP contribution in [0.25, 0.3) is 0 Å². The quantitative estimate of drug-likeness (QED) is 0.808. The second-order valence-corrected chi connectivity index (χ2v) is 6.07. The van der Waals surface area contributed by atoms with Crippen molar-refractivity contribution in [3.63, 3.8) is 0 Å². The van der Waals surface area contributed by atoms with Crippen LogP contribution in [0.15, 0.2) is 34.9 Å². The third kappa shape index (κ3) is 5.19. The Balaban J connectivity index is 1.93. The van der Waals surface area contributed by atoms with Gasteiger partial charge in [0.05, 0.1) is 31.1 Å². The largest absolute Gasteiger partial charge is 0.469 e. The molecule has 0 fully saturated rings.